The van der Waals surface area contributed by atoms with Gasteiger partial charge in [-0.1, -0.05) is 48.0 Å². The highest BCUT2D eigenvalue weighted by atomic mass is 35.5. The number of carboxylic acid groups (broad SMARTS) is 1. The second-order valence-electron chi connectivity index (χ2n) is 8.97. The van der Waals surface area contributed by atoms with Crippen molar-refractivity contribution in [1.82, 2.24) is 4.90 Å². The van der Waals surface area contributed by atoms with E-state index in [1.165, 1.54) is 0 Å². The fraction of sp³-hybridized carbons (Fsp3) is 0.286. The summed E-state index contributed by atoms with van der Waals surface area (Å²) < 4.78 is 10.9. The number of methoxy groups -OCH3 is 1. The van der Waals surface area contributed by atoms with Crippen LogP contribution in [0.4, 0.5) is 0 Å². The molecule has 0 bridgehead atoms. The number of rotatable bonds is 7. The summed E-state index contributed by atoms with van der Waals surface area (Å²) in [5, 5.41) is 9.66. The zero-order chi connectivity index (χ0) is 24.5. The van der Waals surface area contributed by atoms with Gasteiger partial charge in [-0.25, -0.2) is 4.79 Å². The van der Waals surface area contributed by atoms with Crippen LogP contribution in [0, 0.1) is 5.92 Å². The largest absolute Gasteiger partial charge is 0.497 e. The van der Waals surface area contributed by atoms with Crippen LogP contribution >= 0.6 is 11.6 Å². The minimum atomic E-state index is -1.07. The first kappa shape index (κ1) is 23.2. The van der Waals surface area contributed by atoms with Gasteiger partial charge in [-0.3, -0.25) is 4.79 Å². The van der Waals surface area contributed by atoms with Gasteiger partial charge in [-0.15, -0.1) is 0 Å². The highest BCUT2D eigenvalue weighted by molar-refractivity contribution is 6.30. The van der Waals surface area contributed by atoms with Crippen LogP contribution in [0.25, 0.3) is 0 Å². The van der Waals surface area contributed by atoms with Crippen LogP contribution in [0.1, 0.15) is 40.6 Å². The maximum Gasteiger partial charge on any atom is 0.341 e. The summed E-state index contributed by atoms with van der Waals surface area (Å²) in [6, 6.07) is 20.7. The highest BCUT2D eigenvalue weighted by Gasteiger charge is 2.48. The Hall–Kier alpha value is -3.51. The molecule has 1 aliphatic carbocycles. The molecular weight excluding hydrogens is 466 g/mol. The second-order valence-corrected chi connectivity index (χ2v) is 9.41. The Morgan fingerprint density at radius 2 is 1.83 bits per heavy atom. The van der Waals surface area contributed by atoms with Crippen LogP contribution in [0.15, 0.2) is 66.7 Å². The summed E-state index contributed by atoms with van der Waals surface area (Å²) in [6.07, 6.45) is 1.55. The van der Waals surface area contributed by atoms with E-state index in [2.05, 4.69) is 6.07 Å². The summed E-state index contributed by atoms with van der Waals surface area (Å²) in [6.45, 7) is 0.0936. The van der Waals surface area contributed by atoms with Crippen molar-refractivity contribution >= 4 is 23.5 Å². The second kappa shape index (κ2) is 9.62. The molecule has 5 rings (SSSR count). The van der Waals surface area contributed by atoms with E-state index in [1.807, 2.05) is 47.4 Å². The molecule has 1 N–H and O–H groups in total. The molecule has 3 unspecified atom stereocenters. The van der Waals surface area contributed by atoms with Crippen molar-refractivity contribution in [3.05, 3.63) is 94.0 Å². The maximum atomic E-state index is 13.9. The fourth-order valence-corrected chi connectivity index (χ4v) is 5.22. The SMILES string of the molecule is COc1ccc(C2CC2C(=O)N2CCc3ccccc3C2c2cc(Cl)ccc2OCC(=O)O)cc1. The summed E-state index contributed by atoms with van der Waals surface area (Å²) >= 11 is 6.37. The molecule has 3 aromatic carbocycles. The summed E-state index contributed by atoms with van der Waals surface area (Å²) in [5.41, 5.74) is 4.00. The molecular formula is C28H26ClNO5. The maximum absolute atomic E-state index is 13.9. The molecule has 0 spiro atoms. The van der Waals surface area contributed by atoms with E-state index in [0.29, 0.717) is 22.9 Å². The quantitative estimate of drug-likeness (QED) is 0.498. The average molecular weight is 492 g/mol. The number of nitrogens with zero attached hydrogens (tertiary/aromatic N) is 1. The molecule has 1 saturated carbocycles. The zero-order valence-electron chi connectivity index (χ0n) is 19.3. The fourth-order valence-electron chi connectivity index (χ4n) is 5.04. The standard InChI is InChI=1S/C28H26ClNO5/c1-34-20-9-6-18(7-10-20)22-15-23(22)28(33)30-13-12-17-4-2-3-5-21(17)27(30)24-14-19(29)8-11-25(24)35-16-26(31)32/h2-11,14,22-23,27H,12-13,15-16H2,1H3,(H,31,32). The van der Waals surface area contributed by atoms with Crippen LogP contribution < -0.4 is 9.47 Å². The zero-order valence-corrected chi connectivity index (χ0v) is 20.1. The molecule has 0 radical (unpaired) electrons. The first-order valence-electron chi connectivity index (χ1n) is 11.6. The average Bonchev–Trinajstić information content (AvgIpc) is 3.68. The summed E-state index contributed by atoms with van der Waals surface area (Å²) in [5.74, 6) is 0.309. The highest BCUT2D eigenvalue weighted by Crippen LogP contribution is 2.51. The van der Waals surface area contributed by atoms with E-state index in [9.17, 15) is 9.59 Å². The Kier molecular flexibility index (Phi) is 6.39. The number of aliphatic carboxylic acids is 1. The van der Waals surface area contributed by atoms with Crippen molar-refractivity contribution in [2.45, 2.75) is 24.8 Å². The Morgan fingerprint density at radius 1 is 1.06 bits per heavy atom. The summed E-state index contributed by atoms with van der Waals surface area (Å²) in [7, 11) is 1.64. The van der Waals surface area contributed by atoms with Crippen LogP contribution in [0.2, 0.25) is 5.02 Å². The number of amides is 1. The van der Waals surface area contributed by atoms with Crippen LogP contribution in [0.3, 0.4) is 0 Å². The van der Waals surface area contributed by atoms with Crippen molar-refractivity contribution < 1.29 is 24.2 Å². The van der Waals surface area contributed by atoms with Gasteiger partial charge in [0, 0.05) is 23.0 Å². The van der Waals surface area contributed by atoms with Gasteiger partial charge in [-0.2, -0.15) is 0 Å². The summed E-state index contributed by atoms with van der Waals surface area (Å²) in [4.78, 5) is 27.0. The van der Waals surface area contributed by atoms with Crippen LogP contribution in [-0.4, -0.2) is 42.1 Å². The molecule has 7 heteroatoms. The number of benzene rings is 3. The topological polar surface area (TPSA) is 76.1 Å². The Labute approximate surface area is 209 Å². The molecule has 35 heavy (non-hydrogen) atoms. The van der Waals surface area contributed by atoms with Gasteiger partial charge in [0.15, 0.2) is 6.61 Å². The van der Waals surface area contributed by atoms with Gasteiger partial charge in [0.25, 0.3) is 0 Å². The minimum Gasteiger partial charge on any atom is -0.497 e. The lowest BCUT2D eigenvalue weighted by atomic mass is 9.87. The first-order chi connectivity index (χ1) is 17.0. The number of carboxylic acids is 1. The van der Waals surface area contributed by atoms with Crippen molar-refractivity contribution in [3.63, 3.8) is 0 Å². The molecule has 1 fully saturated rings. The molecule has 180 valence electrons. The van der Waals surface area contributed by atoms with E-state index in [-0.39, 0.29) is 17.7 Å². The lowest BCUT2D eigenvalue weighted by Gasteiger charge is -2.38. The Balaban J connectivity index is 1.49. The first-order valence-corrected chi connectivity index (χ1v) is 12.0. The minimum absolute atomic E-state index is 0.0921. The van der Waals surface area contributed by atoms with E-state index in [0.717, 1.165) is 35.3 Å². The van der Waals surface area contributed by atoms with Gasteiger partial charge in [-0.05, 0) is 65.8 Å². The van der Waals surface area contributed by atoms with Gasteiger partial charge in [0.2, 0.25) is 5.91 Å². The number of fused-ring (bicyclic) bond motifs is 1. The van der Waals surface area contributed by atoms with Crippen molar-refractivity contribution in [1.29, 1.82) is 0 Å². The third-order valence-electron chi connectivity index (χ3n) is 6.84. The predicted molar refractivity (Wildman–Crippen MR) is 132 cm³/mol. The normalized spacial score (nSPS) is 20.6. The Bertz CT molecular complexity index is 1260. The molecule has 6 nitrogen and oxygen atoms in total. The molecule has 3 atom stereocenters. The number of carbonyl (C=O) groups is 2. The molecule has 1 heterocycles. The monoisotopic (exact) mass is 491 g/mol. The van der Waals surface area contributed by atoms with Gasteiger partial charge in [0.1, 0.15) is 11.5 Å². The number of carbonyl (C=O) groups excluding carboxylic acids is 1. The lowest BCUT2D eigenvalue weighted by Crippen LogP contribution is -2.41. The third kappa shape index (κ3) is 4.71. The van der Waals surface area contributed by atoms with Crippen molar-refractivity contribution in [3.8, 4) is 11.5 Å². The van der Waals surface area contributed by atoms with E-state index < -0.39 is 18.6 Å². The van der Waals surface area contributed by atoms with E-state index in [4.69, 9.17) is 26.2 Å². The molecule has 3 aromatic rings. The van der Waals surface area contributed by atoms with Crippen molar-refractivity contribution in [2.24, 2.45) is 5.92 Å². The molecule has 0 aromatic heterocycles. The predicted octanol–water partition coefficient (Wildman–Crippen LogP) is 5.09. The number of ether oxygens (including phenoxy) is 2. The van der Waals surface area contributed by atoms with Crippen molar-refractivity contribution in [2.75, 3.05) is 20.3 Å². The van der Waals surface area contributed by atoms with E-state index in [1.54, 1.807) is 25.3 Å². The van der Waals surface area contributed by atoms with Crippen LogP contribution in [-0.2, 0) is 16.0 Å². The number of hydrogen-bond donors (Lipinski definition) is 1. The van der Waals surface area contributed by atoms with Gasteiger partial charge < -0.3 is 19.5 Å². The Morgan fingerprint density at radius 3 is 2.57 bits per heavy atom. The third-order valence-corrected chi connectivity index (χ3v) is 7.07. The van der Waals surface area contributed by atoms with Crippen LogP contribution in [0.5, 0.6) is 11.5 Å². The smallest absolute Gasteiger partial charge is 0.341 e. The molecule has 1 amide bonds. The number of hydrogen-bond acceptors (Lipinski definition) is 4. The molecule has 1 aliphatic heterocycles. The molecule has 2 aliphatic rings. The lowest BCUT2D eigenvalue weighted by molar-refractivity contribution is -0.139. The van der Waals surface area contributed by atoms with E-state index >= 15 is 0 Å². The molecule has 0 saturated heterocycles. The number of halogens is 1. The van der Waals surface area contributed by atoms with Gasteiger partial charge >= 0.3 is 5.97 Å². The van der Waals surface area contributed by atoms with Gasteiger partial charge in [0.05, 0.1) is 13.2 Å².